The zero-order chi connectivity index (χ0) is 11.5. The molecule has 0 saturated heterocycles. The second-order valence-electron chi connectivity index (χ2n) is 2.78. The number of nitrogen functional groups attached to an aromatic ring is 1. The minimum absolute atomic E-state index is 0.0132. The maximum Gasteiger partial charge on any atom is 0.237 e. The molecule has 2 aromatic heterocycles. The lowest BCUT2D eigenvalue weighted by Gasteiger charge is -2.01. The fourth-order valence-electron chi connectivity index (χ4n) is 1.23. The van der Waals surface area contributed by atoms with Gasteiger partial charge in [0.05, 0.1) is 0 Å². The molecule has 0 aliphatic rings. The van der Waals surface area contributed by atoms with Crippen LogP contribution in [-0.2, 0) is 0 Å². The molecule has 2 rings (SSSR count). The van der Waals surface area contributed by atoms with Gasteiger partial charge in [0.1, 0.15) is 12.1 Å². The Kier molecular flexibility index (Phi) is 2.21. The lowest BCUT2D eigenvalue weighted by atomic mass is 10.3. The lowest BCUT2D eigenvalue weighted by Crippen LogP contribution is -2.06. The van der Waals surface area contributed by atoms with Gasteiger partial charge in [-0.2, -0.15) is 10.5 Å². The predicted octanol–water partition coefficient (Wildman–Crippen LogP) is -0.0121. The van der Waals surface area contributed by atoms with Gasteiger partial charge in [-0.25, -0.2) is 19.5 Å². The molecule has 7 nitrogen and oxygen atoms in total. The van der Waals surface area contributed by atoms with Crippen LogP contribution in [0.25, 0.3) is 5.95 Å². The normalized spacial score (nSPS) is 9.38. The van der Waals surface area contributed by atoms with Crippen LogP contribution in [0.2, 0.25) is 0 Å². The summed E-state index contributed by atoms with van der Waals surface area (Å²) in [6.07, 6.45) is 3.02. The van der Waals surface area contributed by atoms with Gasteiger partial charge < -0.3 is 5.73 Å². The highest BCUT2D eigenvalue weighted by molar-refractivity contribution is 5.47. The van der Waals surface area contributed by atoms with Crippen molar-refractivity contribution in [1.82, 2.24) is 19.5 Å². The van der Waals surface area contributed by atoms with Gasteiger partial charge in [-0.1, -0.05) is 0 Å². The van der Waals surface area contributed by atoms with E-state index in [1.54, 1.807) is 12.1 Å². The maximum absolute atomic E-state index is 8.93. The van der Waals surface area contributed by atoms with E-state index in [0.717, 1.165) is 0 Å². The van der Waals surface area contributed by atoms with E-state index in [4.69, 9.17) is 16.3 Å². The van der Waals surface area contributed by atoms with Crippen LogP contribution < -0.4 is 5.73 Å². The number of hydrogen-bond acceptors (Lipinski definition) is 6. The van der Waals surface area contributed by atoms with Crippen LogP contribution >= 0.6 is 0 Å². The van der Waals surface area contributed by atoms with Gasteiger partial charge in [-0.3, -0.25) is 0 Å². The smallest absolute Gasteiger partial charge is 0.237 e. The average molecular weight is 211 g/mol. The van der Waals surface area contributed by atoms with Crippen LogP contribution in [-0.4, -0.2) is 19.5 Å². The van der Waals surface area contributed by atoms with Gasteiger partial charge in [0, 0.05) is 12.4 Å². The molecule has 2 N–H and O–H groups in total. The van der Waals surface area contributed by atoms with Gasteiger partial charge in [0.2, 0.25) is 11.9 Å². The zero-order valence-corrected chi connectivity index (χ0v) is 7.99. The van der Waals surface area contributed by atoms with Crippen molar-refractivity contribution < 1.29 is 0 Å². The van der Waals surface area contributed by atoms with Crippen LogP contribution in [0.4, 0.5) is 5.95 Å². The summed E-state index contributed by atoms with van der Waals surface area (Å²) in [5, 5.41) is 17.7. The van der Waals surface area contributed by atoms with Gasteiger partial charge >= 0.3 is 0 Å². The Labute approximate surface area is 90.4 Å². The molecule has 76 valence electrons. The molecule has 16 heavy (non-hydrogen) atoms. The molecule has 0 aliphatic carbocycles. The van der Waals surface area contributed by atoms with E-state index in [1.807, 2.05) is 6.07 Å². The van der Waals surface area contributed by atoms with Gasteiger partial charge in [-0.05, 0) is 6.07 Å². The molecule has 0 spiro atoms. The molecule has 2 aromatic rings. The highest BCUT2D eigenvalue weighted by Gasteiger charge is 2.17. The van der Waals surface area contributed by atoms with Crippen molar-refractivity contribution in [3.63, 3.8) is 0 Å². The fraction of sp³-hybridized carbons (Fsp3) is 0. The van der Waals surface area contributed by atoms with Gasteiger partial charge in [0.15, 0.2) is 11.4 Å². The SMILES string of the molecule is N#Cc1nc(N)n(-c2ncccn2)c1C#N. The quantitative estimate of drug-likeness (QED) is 0.708. The largest absolute Gasteiger partial charge is 0.369 e. The molecule has 0 atom stereocenters. The van der Waals surface area contributed by atoms with Crippen molar-refractivity contribution in [2.45, 2.75) is 0 Å². The number of aromatic nitrogens is 4. The minimum atomic E-state index is -0.0348. The molecule has 0 unspecified atom stereocenters. The van der Waals surface area contributed by atoms with Crippen molar-refractivity contribution >= 4 is 5.95 Å². The first kappa shape index (κ1) is 9.62. The van der Waals surface area contributed by atoms with E-state index < -0.39 is 0 Å². The predicted molar refractivity (Wildman–Crippen MR) is 53.0 cm³/mol. The number of hydrogen-bond donors (Lipinski definition) is 1. The van der Waals surface area contributed by atoms with E-state index in [0.29, 0.717) is 0 Å². The first-order valence-electron chi connectivity index (χ1n) is 4.23. The Morgan fingerprint density at radius 1 is 1.19 bits per heavy atom. The van der Waals surface area contributed by atoms with E-state index >= 15 is 0 Å². The van der Waals surface area contributed by atoms with E-state index in [1.165, 1.54) is 17.0 Å². The number of nitriles is 2. The first-order chi connectivity index (χ1) is 7.77. The van der Waals surface area contributed by atoms with E-state index in [9.17, 15) is 0 Å². The summed E-state index contributed by atoms with van der Waals surface area (Å²) < 4.78 is 1.23. The Morgan fingerprint density at radius 3 is 2.44 bits per heavy atom. The Balaban J connectivity index is 2.72. The summed E-state index contributed by atoms with van der Waals surface area (Å²) in [4.78, 5) is 11.6. The monoisotopic (exact) mass is 211 g/mol. The molecule has 2 heterocycles. The van der Waals surface area contributed by atoms with Crippen molar-refractivity contribution in [3.8, 4) is 18.1 Å². The average Bonchev–Trinajstić information content (AvgIpc) is 2.66. The van der Waals surface area contributed by atoms with E-state index in [2.05, 4.69) is 15.0 Å². The molecule has 0 saturated carbocycles. The Hall–Kier alpha value is -2.93. The first-order valence-corrected chi connectivity index (χ1v) is 4.23. The third kappa shape index (κ3) is 1.33. The molecular formula is C9H5N7. The third-order valence-electron chi connectivity index (χ3n) is 1.87. The molecule has 0 radical (unpaired) electrons. The van der Waals surface area contributed by atoms with Crippen molar-refractivity contribution in [1.29, 1.82) is 10.5 Å². The Morgan fingerprint density at radius 2 is 1.88 bits per heavy atom. The molecule has 0 aliphatic heterocycles. The second kappa shape index (κ2) is 3.67. The summed E-state index contributed by atoms with van der Waals surface area (Å²) in [5.41, 5.74) is 5.59. The highest BCUT2D eigenvalue weighted by atomic mass is 15.2. The number of anilines is 1. The van der Waals surface area contributed by atoms with Crippen LogP contribution in [0.3, 0.4) is 0 Å². The number of nitrogens with two attached hydrogens (primary N) is 1. The van der Waals surface area contributed by atoms with Gasteiger partial charge in [0.25, 0.3) is 0 Å². The standard InChI is InChI=1S/C9H5N7/c10-4-6-7(5-11)16(8(12)15-6)9-13-2-1-3-14-9/h1-3H,(H2,12,15). The molecule has 0 fully saturated rings. The Bertz CT molecular complexity index is 599. The minimum Gasteiger partial charge on any atom is -0.369 e. The van der Waals surface area contributed by atoms with Crippen LogP contribution in [0.15, 0.2) is 18.5 Å². The fourth-order valence-corrected chi connectivity index (χ4v) is 1.23. The molecule has 0 aromatic carbocycles. The summed E-state index contributed by atoms with van der Waals surface area (Å²) in [5.74, 6) is 0.227. The van der Waals surface area contributed by atoms with Crippen LogP contribution in [0, 0.1) is 22.7 Å². The second-order valence-corrected chi connectivity index (χ2v) is 2.78. The lowest BCUT2D eigenvalue weighted by molar-refractivity contribution is 0.924. The zero-order valence-electron chi connectivity index (χ0n) is 7.99. The molecule has 7 heteroatoms. The summed E-state index contributed by atoms with van der Waals surface area (Å²) in [7, 11) is 0. The number of imidazole rings is 1. The van der Waals surface area contributed by atoms with Crippen LogP contribution in [0.5, 0.6) is 0 Å². The molecule has 0 bridgehead atoms. The summed E-state index contributed by atoms with van der Waals surface area (Å²) in [6, 6.07) is 5.27. The maximum atomic E-state index is 8.93. The van der Waals surface area contributed by atoms with Gasteiger partial charge in [-0.15, -0.1) is 0 Å². The third-order valence-corrected chi connectivity index (χ3v) is 1.87. The van der Waals surface area contributed by atoms with E-state index in [-0.39, 0.29) is 23.3 Å². The van der Waals surface area contributed by atoms with Crippen LogP contribution in [0.1, 0.15) is 11.4 Å². The highest BCUT2D eigenvalue weighted by Crippen LogP contribution is 2.15. The topological polar surface area (TPSA) is 117 Å². The van der Waals surface area contributed by atoms with Crippen molar-refractivity contribution in [2.75, 3.05) is 5.73 Å². The molecule has 0 amide bonds. The van der Waals surface area contributed by atoms with Crippen molar-refractivity contribution in [2.24, 2.45) is 0 Å². The number of nitrogens with zero attached hydrogens (tertiary/aromatic N) is 6. The molecular weight excluding hydrogens is 206 g/mol. The van der Waals surface area contributed by atoms with Crippen molar-refractivity contribution in [3.05, 3.63) is 29.8 Å². The summed E-state index contributed by atoms with van der Waals surface area (Å²) >= 11 is 0. The number of rotatable bonds is 1. The summed E-state index contributed by atoms with van der Waals surface area (Å²) in [6.45, 7) is 0.